The van der Waals surface area contributed by atoms with Gasteiger partial charge in [0.15, 0.2) is 0 Å². The molecule has 6 atom stereocenters. The lowest BCUT2D eigenvalue weighted by Gasteiger charge is -2.38. The Morgan fingerprint density at radius 1 is 0.821 bits per heavy atom. The number of halogens is 2. The van der Waals surface area contributed by atoms with E-state index in [1.807, 2.05) is 12.1 Å². The Hall–Kier alpha value is -1.22. The fourth-order valence-electron chi connectivity index (χ4n) is 3.38. The molecule has 2 aliphatic heterocycles. The first kappa shape index (κ1) is 20.1. The SMILES string of the molecule is OC[C@@H]1OC(Cl)(c2ccccc2)OC[C@@H](O)[C@@H]2OC(Cl)(c3ccccc3)O[C@H]21. The molecular weight excluding hydrogens is 407 g/mol. The van der Waals surface area contributed by atoms with Crippen LogP contribution >= 0.6 is 23.2 Å². The zero-order valence-corrected chi connectivity index (χ0v) is 16.3. The number of benzene rings is 2. The van der Waals surface area contributed by atoms with Crippen LogP contribution in [0.25, 0.3) is 0 Å². The third-order valence-electron chi connectivity index (χ3n) is 4.80. The molecule has 0 aliphatic carbocycles. The predicted molar refractivity (Wildman–Crippen MR) is 102 cm³/mol. The summed E-state index contributed by atoms with van der Waals surface area (Å²) in [6.07, 6.45) is -3.81. The van der Waals surface area contributed by atoms with Crippen LogP contribution in [0.4, 0.5) is 0 Å². The third-order valence-corrected chi connectivity index (χ3v) is 5.62. The Bertz CT molecular complexity index is 794. The van der Waals surface area contributed by atoms with E-state index in [2.05, 4.69) is 0 Å². The Balaban J connectivity index is 1.66. The van der Waals surface area contributed by atoms with Gasteiger partial charge >= 0.3 is 0 Å². The molecule has 2 saturated heterocycles. The highest BCUT2D eigenvalue weighted by Crippen LogP contribution is 2.46. The van der Waals surface area contributed by atoms with Crippen molar-refractivity contribution in [3.05, 3.63) is 71.8 Å². The zero-order chi connectivity index (χ0) is 19.8. The van der Waals surface area contributed by atoms with E-state index in [1.165, 1.54) is 0 Å². The molecule has 2 N–H and O–H groups in total. The summed E-state index contributed by atoms with van der Waals surface area (Å²) in [5.74, 6) is 0. The molecule has 0 spiro atoms. The summed E-state index contributed by atoms with van der Waals surface area (Å²) in [4.78, 5) is 0. The van der Waals surface area contributed by atoms with Crippen LogP contribution in [-0.4, -0.2) is 47.8 Å². The minimum absolute atomic E-state index is 0.178. The summed E-state index contributed by atoms with van der Waals surface area (Å²) < 4.78 is 23.4. The number of aliphatic hydroxyl groups is 2. The molecule has 0 radical (unpaired) electrons. The maximum atomic E-state index is 10.7. The molecule has 0 bridgehead atoms. The van der Waals surface area contributed by atoms with Gasteiger partial charge in [-0.15, -0.1) is 0 Å². The highest BCUT2D eigenvalue weighted by molar-refractivity contribution is 6.22. The topological polar surface area (TPSA) is 77.4 Å². The van der Waals surface area contributed by atoms with Gasteiger partial charge in [0.05, 0.1) is 13.2 Å². The van der Waals surface area contributed by atoms with Gasteiger partial charge in [0, 0.05) is 11.1 Å². The van der Waals surface area contributed by atoms with Gasteiger partial charge in [-0.1, -0.05) is 83.9 Å². The third kappa shape index (κ3) is 3.67. The minimum atomic E-state index is -1.70. The van der Waals surface area contributed by atoms with Crippen molar-refractivity contribution in [1.29, 1.82) is 0 Å². The van der Waals surface area contributed by atoms with Gasteiger partial charge in [-0.05, 0) is 0 Å². The Morgan fingerprint density at radius 2 is 1.36 bits per heavy atom. The van der Waals surface area contributed by atoms with Crippen molar-refractivity contribution < 1.29 is 29.2 Å². The smallest absolute Gasteiger partial charge is 0.277 e. The zero-order valence-electron chi connectivity index (χ0n) is 14.8. The van der Waals surface area contributed by atoms with E-state index in [-0.39, 0.29) is 6.61 Å². The molecule has 2 fully saturated rings. The van der Waals surface area contributed by atoms with Crippen LogP contribution < -0.4 is 0 Å². The lowest BCUT2D eigenvalue weighted by Crippen LogP contribution is -2.52. The van der Waals surface area contributed by atoms with E-state index in [0.29, 0.717) is 11.1 Å². The summed E-state index contributed by atoms with van der Waals surface area (Å²) >= 11 is 13.2. The minimum Gasteiger partial charge on any atom is -0.394 e. The second-order valence-electron chi connectivity index (χ2n) is 6.69. The van der Waals surface area contributed by atoms with Crippen LogP contribution in [0.2, 0.25) is 0 Å². The predicted octanol–water partition coefficient (Wildman–Crippen LogP) is 2.64. The van der Waals surface area contributed by atoms with Crippen LogP contribution in [0.15, 0.2) is 60.7 Å². The highest BCUT2D eigenvalue weighted by Gasteiger charge is 2.56. The molecule has 2 unspecified atom stereocenters. The van der Waals surface area contributed by atoms with Crippen molar-refractivity contribution in [1.82, 2.24) is 0 Å². The molecule has 28 heavy (non-hydrogen) atoms. The molecule has 0 amide bonds. The number of hydrogen-bond acceptors (Lipinski definition) is 6. The van der Waals surface area contributed by atoms with Gasteiger partial charge in [0.25, 0.3) is 10.5 Å². The van der Waals surface area contributed by atoms with E-state index >= 15 is 0 Å². The first-order valence-electron chi connectivity index (χ1n) is 8.90. The Labute approximate surface area is 172 Å². The largest absolute Gasteiger partial charge is 0.394 e. The average molecular weight is 427 g/mol. The lowest BCUT2D eigenvalue weighted by molar-refractivity contribution is -0.265. The van der Waals surface area contributed by atoms with Crippen LogP contribution in [0.3, 0.4) is 0 Å². The highest BCUT2D eigenvalue weighted by atomic mass is 35.5. The summed E-state index contributed by atoms with van der Waals surface area (Å²) in [5, 5.41) is 17.3. The molecule has 4 rings (SSSR count). The van der Waals surface area contributed by atoms with E-state index in [1.54, 1.807) is 48.5 Å². The van der Waals surface area contributed by atoms with Gasteiger partial charge in [0.2, 0.25) is 0 Å². The maximum Gasteiger partial charge on any atom is 0.277 e. The van der Waals surface area contributed by atoms with Crippen molar-refractivity contribution in [2.75, 3.05) is 13.2 Å². The Morgan fingerprint density at radius 3 is 1.93 bits per heavy atom. The van der Waals surface area contributed by atoms with Gasteiger partial charge in [0.1, 0.15) is 24.4 Å². The van der Waals surface area contributed by atoms with Gasteiger partial charge in [-0.2, -0.15) is 0 Å². The Kier molecular flexibility index (Phi) is 5.66. The molecule has 0 aromatic heterocycles. The standard InChI is InChI=1S/C20H20Cl2O6/c21-19(13-7-3-1-4-8-13)25-12-15(24)17-18(16(11-23)26-19)28-20(22,27-17)14-9-5-2-6-10-14/h1-10,15-18,23-24H,11-12H2/t15-,16+,17+,18+,19?,20?/m1/s1. The molecular formula is C20H20Cl2O6. The quantitative estimate of drug-likeness (QED) is 0.734. The van der Waals surface area contributed by atoms with E-state index in [9.17, 15) is 10.2 Å². The first-order valence-corrected chi connectivity index (χ1v) is 9.66. The number of aliphatic hydroxyl groups excluding tert-OH is 2. The maximum absolute atomic E-state index is 10.7. The van der Waals surface area contributed by atoms with Gasteiger partial charge < -0.3 is 29.2 Å². The van der Waals surface area contributed by atoms with E-state index in [4.69, 9.17) is 42.1 Å². The van der Waals surface area contributed by atoms with Crippen LogP contribution in [0.1, 0.15) is 11.1 Å². The first-order chi connectivity index (χ1) is 13.5. The number of alkyl halides is 2. The molecule has 0 saturated carbocycles. The van der Waals surface area contributed by atoms with E-state index < -0.39 is 41.5 Å². The molecule has 8 heteroatoms. The van der Waals surface area contributed by atoms with E-state index in [0.717, 1.165) is 0 Å². The van der Waals surface area contributed by atoms with Crippen molar-refractivity contribution in [3.8, 4) is 0 Å². The second kappa shape index (κ2) is 7.89. The number of ether oxygens (including phenoxy) is 4. The summed E-state index contributed by atoms with van der Waals surface area (Å²) in [7, 11) is 0. The van der Waals surface area contributed by atoms with Crippen molar-refractivity contribution >= 4 is 23.2 Å². The lowest BCUT2D eigenvalue weighted by atomic mass is 10.0. The summed E-state index contributed by atoms with van der Waals surface area (Å²) in [6, 6.07) is 17.8. The average Bonchev–Trinajstić information content (AvgIpc) is 3.09. The monoisotopic (exact) mass is 426 g/mol. The van der Waals surface area contributed by atoms with Crippen molar-refractivity contribution in [2.45, 2.75) is 34.9 Å². The van der Waals surface area contributed by atoms with Crippen LogP contribution in [0, 0.1) is 0 Å². The summed E-state index contributed by atoms with van der Waals surface area (Å²) in [5.41, 5.74) is 1.09. The number of rotatable bonds is 3. The van der Waals surface area contributed by atoms with Gasteiger partial charge in [-0.3, -0.25) is 0 Å². The molecule has 2 aliphatic rings. The fraction of sp³-hybridized carbons (Fsp3) is 0.400. The second-order valence-corrected chi connectivity index (χ2v) is 7.68. The number of hydrogen-bond donors (Lipinski definition) is 2. The molecule has 2 heterocycles. The molecule has 2 aromatic carbocycles. The molecule has 6 nitrogen and oxygen atoms in total. The summed E-state index contributed by atoms with van der Waals surface area (Å²) in [6.45, 7) is -0.619. The number of fused-ring (bicyclic) bond motifs is 1. The van der Waals surface area contributed by atoms with Crippen LogP contribution in [-0.2, 0) is 29.4 Å². The normalized spacial score (nSPS) is 38.4. The molecule has 150 valence electrons. The van der Waals surface area contributed by atoms with Crippen molar-refractivity contribution in [3.63, 3.8) is 0 Å². The van der Waals surface area contributed by atoms with Gasteiger partial charge in [-0.25, -0.2) is 0 Å². The van der Waals surface area contributed by atoms with Crippen LogP contribution in [0.5, 0.6) is 0 Å². The molecule has 2 aromatic rings. The van der Waals surface area contributed by atoms with Crippen molar-refractivity contribution in [2.24, 2.45) is 0 Å². The fourth-order valence-corrected chi connectivity index (χ4v) is 4.02.